The van der Waals surface area contributed by atoms with Gasteiger partial charge in [-0.25, -0.2) is 9.97 Å². The topological polar surface area (TPSA) is 30.7 Å². The first-order valence-electron chi connectivity index (χ1n) is 3.31. The van der Waals surface area contributed by atoms with E-state index in [1.807, 2.05) is 17.7 Å². The molecule has 0 N–H and O–H groups in total. The van der Waals surface area contributed by atoms with Gasteiger partial charge >= 0.3 is 0 Å². The Morgan fingerprint density at radius 2 is 2.25 bits per heavy atom. The monoisotopic (exact) mass is 245 g/mol. The number of nitrogens with zero attached hydrogens (tertiary/aromatic N) is 3. The maximum Gasteiger partial charge on any atom is 0.145 e. The van der Waals surface area contributed by atoms with Crippen molar-refractivity contribution in [3.8, 4) is 0 Å². The Balaban J connectivity index is 2.95. The van der Waals surface area contributed by atoms with Gasteiger partial charge in [0.2, 0.25) is 0 Å². The Morgan fingerprint density at radius 1 is 1.50 bits per heavy atom. The van der Waals surface area contributed by atoms with Gasteiger partial charge in [-0.15, -0.1) is 0 Å². The van der Waals surface area contributed by atoms with Crippen molar-refractivity contribution in [2.45, 2.75) is 0 Å². The van der Waals surface area contributed by atoms with Crippen molar-refractivity contribution in [1.29, 1.82) is 0 Å². The number of halogens is 2. The summed E-state index contributed by atoms with van der Waals surface area (Å²) in [5.74, 6) is 0. The molecule has 0 saturated heterocycles. The molecule has 2 rings (SSSR count). The highest BCUT2D eigenvalue weighted by Crippen LogP contribution is 2.25. The molecule has 3 nitrogen and oxygen atoms in total. The Kier molecular flexibility index (Phi) is 1.81. The van der Waals surface area contributed by atoms with Gasteiger partial charge in [0.25, 0.3) is 0 Å². The van der Waals surface area contributed by atoms with Gasteiger partial charge < -0.3 is 4.57 Å². The second-order valence-electron chi connectivity index (χ2n) is 2.43. The molecule has 12 heavy (non-hydrogen) atoms. The maximum atomic E-state index is 5.86. The van der Waals surface area contributed by atoms with Crippen molar-refractivity contribution < 1.29 is 0 Å². The summed E-state index contributed by atoms with van der Waals surface area (Å²) in [6.45, 7) is 0. The number of rotatable bonds is 0. The van der Waals surface area contributed by atoms with E-state index in [0.717, 1.165) is 15.6 Å². The second-order valence-corrected chi connectivity index (χ2v) is 3.60. The zero-order chi connectivity index (χ0) is 8.72. The van der Waals surface area contributed by atoms with Crippen LogP contribution in [0.2, 0.25) is 5.15 Å². The summed E-state index contributed by atoms with van der Waals surface area (Å²) in [4.78, 5) is 7.98. The van der Waals surface area contributed by atoms with Gasteiger partial charge in [-0.05, 0) is 22.0 Å². The van der Waals surface area contributed by atoms with E-state index in [2.05, 4.69) is 25.9 Å². The van der Waals surface area contributed by atoms with Gasteiger partial charge in [0.15, 0.2) is 0 Å². The molecule has 62 valence electrons. The Hall–Kier alpha value is -0.610. The Bertz CT molecular complexity index is 437. The third kappa shape index (κ3) is 1.03. The molecule has 5 heteroatoms. The largest absolute Gasteiger partial charge is 0.323 e. The number of aryl methyl sites for hydroxylation is 1. The van der Waals surface area contributed by atoms with E-state index in [9.17, 15) is 0 Å². The van der Waals surface area contributed by atoms with Gasteiger partial charge in [0.1, 0.15) is 17.1 Å². The number of fused-ring (bicyclic) bond motifs is 1. The van der Waals surface area contributed by atoms with E-state index in [1.54, 1.807) is 0 Å². The first-order chi connectivity index (χ1) is 5.70. The number of hydrogen-bond acceptors (Lipinski definition) is 2. The first-order valence-corrected chi connectivity index (χ1v) is 4.48. The average molecular weight is 246 g/mol. The van der Waals surface area contributed by atoms with Gasteiger partial charge in [0.05, 0.1) is 9.99 Å². The summed E-state index contributed by atoms with van der Waals surface area (Å²) in [5.41, 5.74) is 0.835. The van der Waals surface area contributed by atoms with E-state index in [-0.39, 0.29) is 0 Å². The van der Waals surface area contributed by atoms with Gasteiger partial charge in [-0.3, -0.25) is 0 Å². The molecule has 0 saturated carbocycles. The minimum Gasteiger partial charge on any atom is -0.323 e. The molecule has 0 unspecified atom stereocenters. The molecule has 0 aliphatic carbocycles. The molecule has 0 aromatic carbocycles. The molecule has 0 amide bonds. The van der Waals surface area contributed by atoms with E-state index in [4.69, 9.17) is 11.6 Å². The van der Waals surface area contributed by atoms with E-state index < -0.39 is 0 Å². The van der Waals surface area contributed by atoms with Crippen LogP contribution in [0.5, 0.6) is 0 Å². The van der Waals surface area contributed by atoms with Crippen LogP contribution < -0.4 is 0 Å². The zero-order valence-corrected chi connectivity index (χ0v) is 8.59. The van der Waals surface area contributed by atoms with Crippen molar-refractivity contribution >= 4 is 38.6 Å². The summed E-state index contributed by atoms with van der Waals surface area (Å²) in [6.07, 6.45) is 1.46. The summed E-state index contributed by atoms with van der Waals surface area (Å²) < 4.78 is 2.85. The van der Waals surface area contributed by atoms with Crippen molar-refractivity contribution in [2.75, 3.05) is 0 Å². The summed E-state index contributed by atoms with van der Waals surface area (Å²) >= 11 is 9.24. The molecular weight excluding hydrogens is 241 g/mol. The maximum absolute atomic E-state index is 5.86. The molecular formula is C7H5BrClN3. The zero-order valence-electron chi connectivity index (χ0n) is 6.25. The molecule has 0 fully saturated rings. The summed E-state index contributed by atoms with van der Waals surface area (Å²) in [7, 11) is 1.91. The number of hydrogen-bond donors (Lipinski definition) is 0. The fraction of sp³-hybridized carbons (Fsp3) is 0.143. The lowest BCUT2D eigenvalue weighted by Crippen LogP contribution is -1.90. The van der Waals surface area contributed by atoms with Gasteiger partial charge in [-0.1, -0.05) is 11.6 Å². The lowest BCUT2D eigenvalue weighted by Gasteiger charge is -1.95. The summed E-state index contributed by atoms with van der Waals surface area (Å²) in [5, 5.41) is 1.36. The highest BCUT2D eigenvalue weighted by Gasteiger charge is 2.07. The quantitative estimate of drug-likeness (QED) is 0.668. The molecule has 0 radical (unpaired) electrons. The van der Waals surface area contributed by atoms with Crippen molar-refractivity contribution in [1.82, 2.24) is 14.5 Å². The minimum absolute atomic E-state index is 0.487. The third-order valence-electron chi connectivity index (χ3n) is 1.72. The van der Waals surface area contributed by atoms with Gasteiger partial charge in [0, 0.05) is 7.05 Å². The van der Waals surface area contributed by atoms with Crippen LogP contribution in [0.4, 0.5) is 0 Å². The SMILES string of the molecule is Cn1c(Br)cc2c(Cl)ncnc21. The molecule has 2 heterocycles. The number of aromatic nitrogens is 3. The van der Waals surface area contributed by atoms with Crippen LogP contribution in [0.25, 0.3) is 11.0 Å². The van der Waals surface area contributed by atoms with Crippen molar-refractivity contribution in [3.05, 3.63) is 22.1 Å². The standard InChI is InChI=1S/C7H5BrClN3/c1-12-5(8)2-4-6(9)10-3-11-7(4)12/h2-3H,1H3. The Labute approximate surface area is 82.5 Å². The summed E-state index contributed by atoms with van der Waals surface area (Å²) in [6, 6.07) is 1.90. The van der Waals surface area contributed by atoms with E-state index in [1.165, 1.54) is 6.33 Å². The smallest absolute Gasteiger partial charge is 0.145 e. The molecule has 2 aromatic rings. The lowest BCUT2D eigenvalue weighted by molar-refractivity contribution is 0.918. The Morgan fingerprint density at radius 3 is 2.92 bits per heavy atom. The predicted octanol–water partition coefficient (Wildman–Crippen LogP) is 2.38. The molecule has 0 aliphatic heterocycles. The molecule has 0 atom stereocenters. The second kappa shape index (κ2) is 2.71. The molecule has 0 bridgehead atoms. The minimum atomic E-state index is 0.487. The lowest BCUT2D eigenvalue weighted by atomic mass is 10.4. The fourth-order valence-electron chi connectivity index (χ4n) is 1.07. The van der Waals surface area contributed by atoms with Crippen molar-refractivity contribution in [3.63, 3.8) is 0 Å². The van der Waals surface area contributed by atoms with E-state index >= 15 is 0 Å². The average Bonchev–Trinajstić information content (AvgIpc) is 2.32. The highest BCUT2D eigenvalue weighted by atomic mass is 79.9. The fourth-order valence-corrected chi connectivity index (χ4v) is 1.65. The molecule has 0 spiro atoms. The highest BCUT2D eigenvalue weighted by molar-refractivity contribution is 9.10. The van der Waals surface area contributed by atoms with Crippen LogP contribution >= 0.6 is 27.5 Å². The molecule has 2 aromatic heterocycles. The predicted molar refractivity (Wildman–Crippen MR) is 51.2 cm³/mol. The van der Waals surface area contributed by atoms with Gasteiger partial charge in [-0.2, -0.15) is 0 Å². The van der Waals surface area contributed by atoms with Crippen molar-refractivity contribution in [2.24, 2.45) is 7.05 Å². The van der Waals surface area contributed by atoms with Crippen LogP contribution in [0.3, 0.4) is 0 Å². The van der Waals surface area contributed by atoms with Crippen LogP contribution in [0.1, 0.15) is 0 Å². The van der Waals surface area contributed by atoms with Crippen LogP contribution in [0.15, 0.2) is 17.0 Å². The third-order valence-corrected chi connectivity index (χ3v) is 2.78. The van der Waals surface area contributed by atoms with E-state index in [0.29, 0.717) is 5.15 Å². The normalized spacial score (nSPS) is 10.9. The van der Waals surface area contributed by atoms with Crippen LogP contribution in [-0.2, 0) is 7.05 Å². The molecule has 0 aliphatic rings. The van der Waals surface area contributed by atoms with Crippen LogP contribution in [-0.4, -0.2) is 14.5 Å². The first kappa shape index (κ1) is 8.01. The van der Waals surface area contributed by atoms with Crippen LogP contribution in [0, 0.1) is 0 Å².